The zero-order valence-electron chi connectivity index (χ0n) is 27.9. The SMILES string of the molecule is C1=CC(c2c3nc(c(C4C=CCCC4)c4ccc([nH]4)c(C4C=CCCC4)c4ccc([nH]4)c(C4C=CCCC4)c4nc2C=C4)C=C3)CCC1. The van der Waals surface area contributed by atoms with Crippen LogP contribution in [0.25, 0.3) is 46.4 Å². The summed E-state index contributed by atoms with van der Waals surface area (Å²) in [5.41, 5.74) is 14.4. The van der Waals surface area contributed by atoms with Crippen molar-refractivity contribution in [1.82, 2.24) is 19.9 Å². The second-order valence-electron chi connectivity index (χ2n) is 14.5. The molecule has 0 spiro atoms. The largest absolute Gasteiger partial charge is 0.355 e. The van der Waals surface area contributed by atoms with Crippen molar-refractivity contribution in [3.05, 3.63) is 118 Å². The number of aromatic amines is 2. The molecule has 4 unspecified atom stereocenters. The van der Waals surface area contributed by atoms with Crippen LogP contribution in [0, 0.1) is 0 Å². The number of aromatic nitrogens is 4. The lowest BCUT2D eigenvalue weighted by Gasteiger charge is -2.19. The first-order valence-corrected chi connectivity index (χ1v) is 18.6. The third-order valence-corrected chi connectivity index (χ3v) is 11.4. The van der Waals surface area contributed by atoms with Gasteiger partial charge in [-0.2, -0.15) is 0 Å². The van der Waals surface area contributed by atoms with E-state index in [0.717, 1.165) is 67.7 Å². The minimum absolute atomic E-state index is 0.314. The molecular weight excluding hydrogens is 585 g/mol. The van der Waals surface area contributed by atoms with E-state index in [2.05, 4.69) is 107 Å². The summed E-state index contributed by atoms with van der Waals surface area (Å²) in [6.07, 6.45) is 42.3. The Morgan fingerprint density at radius 2 is 0.708 bits per heavy atom. The summed E-state index contributed by atoms with van der Waals surface area (Å²) in [5, 5.41) is 0. The maximum absolute atomic E-state index is 5.51. The smallest absolute Gasteiger partial charge is 0.0697 e. The summed E-state index contributed by atoms with van der Waals surface area (Å²) < 4.78 is 0. The monoisotopic (exact) mass is 630 g/mol. The van der Waals surface area contributed by atoms with Crippen molar-refractivity contribution in [3.8, 4) is 0 Å². The molecule has 0 saturated heterocycles. The fourth-order valence-corrected chi connectivity index (χ4v) is 9.07. The van der Waals surface area contributed by atoms with Gasteiger partial charge in [-0.3, -0.25) is 0 Å². The Bertz CT molecular complexity index is 1950. The number of H-pyrrole nitrogens is 2. The van der Waals surface area contributed by atoms with Gasteiger partial charge in [-0.15, -0.1) is 0 Å². The first-order chi connectivity index (χ1) is 23.8. The lowest BCUT2D eigenvalue weighted by atomic mass is 9.87. The van der Waals surface area contributed by atoms with Gasteiger partial charge in [0, 0.05) is 68.0 Å². The van der Waals surface area contributed by atoms with Gasteiger partial charge in [0.15, 0.2) is 0 Å². The van der Waals surface area contributed by atoms with E-state index in [9.17, 15) is 0 Å². The highest BCUT2D eigenvalue weighted by atomic mass is 14.8. The maximum atomic E-state index is 5.51. The van der Waals surface area contributed by atoms with E-state index in [4.69, 9.17) is 9.97 Å². The Labute approximate surface area is 284 Å². The highest BCUT2D eigenvalue weighted by Gasteiger charge is 2.26. The molecule has 2 aliphatic heterocycles. The second-order valence-corrected chi connectivity index (χ2v) is 14.5. The Morgan fingerprint density at radius 1 is 0.396 bits per heavy atom. The predicted octanol–water partition coefficient (Wildman–Crippen LogP) is 12.0. The van der Waals surface area contributed by atoms with E-state index >= 15 is 0 Å². The molecule has 5 heterocycles. The fraction of sp³-hybridized carbons (Fsp3) is 0.364. The number of nitrogens with one attached hydrogen (secondary N) is 2. The number of rotatable bonds is 4. The average molecular weight is 631 g/mol. The normalized spacial score (nSPS) is 24.8. The molecular formula is C44H46N4. The van der Waals surface area contributed by atoms with Crippen LogP contribution in [0.4, 0.5) is 0 Å². The van der Waals surface area contributed by atoms with Crippen LogP contribution in [-0.2, 0) is 0 Å². The van der Waals surface area contributed by atoms with Crippen molar-refractivity contribution in [2.45, 2.75) is 101 Å². The minimum atomic E-state index is 0.314. The first-order valence-electron chi connectivity index (χ1n) is 18.6. The zero-order valence-corrected chi connectivity index (χ0v) is 27.9. The lowest BCUT2D eigenvalue weighted by Crippen LogP contribution is -2.06. The topological polar surface area (TPSA) is 57.4 Å². The molecule has 0 aromatic carbocycles. The predicted molar refractivity (Wildman–Crippen MR) is 202 cm³/mol. The van der Waals surface area contributed by atoms with Gasteiger partial charge in [0.2, 0.25) is 0 Å². The third kappa shape index (κ3) is 5.49. The van der Waals surface area contributed by atoms with Gasteiger partial charge in [0.05, 0.1) is 22.8 Å². The molecule has 6 aliphatic rings. The van der Waals surface area contributed by atoms with E-state index < -0.39 is 0 Å². The molecule has 9 rings (SSSR count). The Morgan fingerprint density at radius 3 is 1.06 bits per heavy atom. The molecule has 0 radical (unpaired) electrons. The summed E-state index contributed by atoms with van der Waals surface area (Å²) in [7, 11) is 0. The molecule has 0 saturated carbocycles. The Kier molecular flexibility index (Phi) is 7.96. The average Bonchev–Trinajstić information content (AvgIpc) is 3.98. The quantitative estimate of drug-likeness (QED) is 0.194. The fourth-order valence-electron chi connectivity index (χ4n) is 9.07. The van der Waals surface area contributed by atoms with Crippen LogP contribution in [0.3, 0.4) is 0 Å². The molecule has 4 heteroatoms. The van der Waals surface area contributed by atoms with Gasteiger partial charge in [-0.25, -0.2) is 9.97 Å². The van der Waals surface area contributed by atoms with Gasteiger partial charge in [0.25, 0.3) is 0 Å². The van der Waals surface area contributed by atoms with Crippen LogP contribution in [0.2, 0.25) is 0 Å². The van der Waals surface area contributed by atoms with Crippen molar-refractivity contribution in [2.24, 2.45) is 0 Å². The van der Waals surface area contributed by atoms with Gasteiger partial charge >= 0.3 is 0 Å². The molecule has 4 aliphatic carbocycles. The summed E-state index contributed by atoms with van der Waals surface area (Å²) in [6.45, 7) is 0. The van der Waals surface area contributed by atoms with Gasteiger partial charge in [0.1, 0.15) is 0 Å². The van der Waals surface area contributed by atoms with Crippen LogP contribution >= 0.6 is 0 Å². The third-order valence-electron chi connectivity index (χ3n) is 11.4. The Balaban J connectivity index is 1.41. The van der Waals surface area contributed by atoms with E-state index in [1.54, 1.807) is 0 Å². The molecule has 4 nitrogen and oxygen atoms in total. The molecule has 4 atom stereocenters. The van der Waals surface area contributed by atoms with Gasteiger partial charge in [-0.05, 0) is 126 Å². The number of allylic oxidation sites excluding steroid dienone is 8. The van der Waals surface area contributed by atoms with Crippen LogP contribution in [0.15, 0.2) is 72.9 Å². The molecule has 48 heavy (non-hydrogen) atoms. The molecule has 2 N–H and O–H groups in total. The van der Waals surface area contributed by atoms with Crippen molar-refractivity contribution in [2.75, 3.05) is 0 Å². The van der Waals surface area contributed by atoms with Crippen molar-refractivity contribution in [1.29, 1.82) is 0 Å². The Hall–Kier alpha value is -4.44. The van der Waals surface area contributed by atoms with Gasteiger partial charge in [-0.1, -0.05) is 48.6 Å². The molecule has 0 amide bonds. The molecule has 3 aromatic heterocycles. The van der Waals surface area contributed by atoms with E-state index in [1.165, 1.54) is 76.4 Å². The highest BCUT2D eigenvalue weighted by molar-refractivity contribution is 5.85. The van der Waals surface area contributed by atoms with E-state index in [1.807, 2.05) is 0 Å². The zero-order chi connectivity index (χ0) is 31.9. The van der Waals surface area contributed by atoms with Crippen LogP contribution in [0.5, 0.6) is 0 Å². The van der Waals surface area contributed by atoms with Crippen LogP contribution < -0.4 is 0 Å². The lowest BCUT2D eigenvalue weighted by molar-refractivity contribution is 0.648. The van der Waals surface area contributed by atoms with Crippen LogP contribution in [-0.4, -0.2) is 19.9 Å². The molecule has 242 valence electrons. The molecule has 0 fully saturated rings. The van der Waals surface area contributed by atoms with Crippen molar-refractivity contribution in [3.63, 3.8) is 0 Å². The number of hydrogen-bond donors (Lipinski definition) is 2. The summed E-state index contributed by atoms with van der Waals surface area (Å²) in [5.74, 6) is 1.35. The van der Waals surface area contributed by atoms with E-state index in [0.29, 0.717) is 23.7 Å². The standard InChI is InChI=1S/C44H46N4/c1-5-13-29(14-6-1)41-33-21-23-35(45-33)42(30-15-7-2-8-16-30)37-25-27-39(47-37)44(32-19-11-4-12-20-32)40-28-26-38(48-40)43(31-17-9-3-10-18-31)36-24-22-34(41)46-36/h5,7,9,11,13,15,17,19,21-32,45-46H,1-4,6,8,10,12,14,16,18,20H2. The maximum Gasteiger partial charge on any atom is 0.0697 e. The second kappa shape index (κ2) is 12.9. The summed E-state index contributed by atoms with van der Waals surface area (Å²) in [4.78, 5) is 19.0. The van der Waals surface area contributed by atoms with Crippen LogP contribution in [0.1, 0.15) is 146 Å². The van der Waals surface area contributed by atoms with Crippen molar-refractivity contribution >= 4 is 46.4 Å². The summed E-state index contributed by atoms with van der Waals surface area (Å²) in [6, 6.07) is 9.29. The first kappa shape index (κ1) is 29.7. The number of hydrogen-bond acceptors (Lipinski definition) is 2. The molecule has 3 aromatic rings. The van der Waals surface area contributed by atoms with Gasteiger partial charge < -0.3 is 9.97 Å². The molecule has 8 bridgehead atoms. The number of fused-ring (bicyclic) bond motifs is 8. The van der Waals surface area contributed by atoms with E-state index in [-0.39, 0.29) is 0 Å². The minimum Gasteiger partial charge on any atom is -0.355 e. The highest BCUT2D eigenvalue weighted by Crippen LogP contribution is 2.41. The number of nitrogens with zero attached hydrogens (tertiary/aromatic N) is 2. The summed E-state index contributed by atoms with van der Waals surface area (Å²) >= 11 is 0. The van der Waals surface area contributed by atoms with Crippen molar-refractivity contribution < 1.29 is 0 Å².